The summed E-state index contributed by atoms with van der Waals surface area (Å²) in [4.78, 5) is 16.7. The first-order chi connectivity index (χ1) is 9.71. The fourth-order valence-corrected chi connectivity index (χ4v) is 5.62. The Morgan fingerprint density at radius 2 is 1.95 bits per heavy atom. The van der Waals surface area contributed by atoms with Crippen LogP contribution in [0.15, 0.2) is 0 Å². The predicted octanol–water partition coefficient (Wildman–Crippen LogP) is 2.34. The molecule has 1 unspecified atom stereocenters. The van der Waals surface area contributed by atoms with Crippen LogP contribution in [0.3, 0.4) is 0 Å². The minimum Gasteiger partial charge on any atom is -0.469 e. The summed E-state index contributed by atoms with van der Waals surface area (Å²) in [5.74, 6) is 1.06. The molecule has 1 fully saturated rings. The smallest absolute Gasteiger partial charge is 0.306 e. The summed E-state index contributed by atoms with van der Waals surface area (Å²) >= 11 is 0. The Morgan fingerprint density at radius 1 is 1.33 bits per heavy atom. The van der Waals surface area contributed by atoms with Crippen molar-refractivity contribution < 1.29 is 9.53 Å². The Kier molecular flexibility index (Phi) is 6.88. The average molecular weight is 315 g/mol. The normalized spacial score (nSPS) is 22.0. The van der Waals surface area contributed by atoms with Crippen LogP contribution in [-0.4, -0.2) is 62.6 Å². The number of ether oxygens (including phenoxy) is 1. The summed E-state index contributed by atoms with van der Waals surface area (Å²) in [5.41, 5.74) is 0.200. The van der Waals surface area contributed by atoms with Crippen molar-refractivity contribution in [2.45, 2.75) is 65.0 Å². The molecule has 0 amide bonds. The molecule has 0 radical (unpaired) electrons. The monoisotopic (exact) mass is 314 g/mol. The second kappa shape index (κ2) is 7.74. The molecule has 4 nitrogen and oxygen atoms in total. The molecule has 1 atom stereocenters. The van der Waals surface area contributed by atoms with Crippen LogP contribution in [0.2, 0.25) is 13.1 Å². The third-order valence-electron chi connectivity index (χ3n) is 5.12. The van der Waals surface area contributed by atoms with E-state index in [1.54, 1.807) is 0 Å². The van der Waals surface area contributed by atoms with Crippen molar-refractivity contribution in [1.29, 1.82) is 0 Å². The molecule has 1 saturated heterocycles. The average Bonchev–Trinajstić information content (AvgIpc) is 2.43. The van der Waals surface area contributed by atoms with E-state index in [9.17, 15) is 4.79 Å². The maximum Gasteiger partial charge on any atom is 0.306 e. The summed E-state index contributed by atoms with van der Waals surface area (Å²) in [6.07, 6.45) is 1.69. The maximum absolute atomic E-state index is 11.5. The molecule has 21 heavy (non-hydrogen) atoms. The maximum atomic E-state index is 11.5. The van der Waals surface area contributed by atoms with Crippen molar-refractivity contribution in [3.8, 4) is 0 Å². The van der Waals surface area contributed by atoms with E-state index in [2.05, 4.69) is 50.6 Å². The number of carbonyl (C=O) groups excluding carboxylic acids is 1. The van der Waals surface area contributed by atoms with E-state index >= 15 is 0 Å². The SMILES string of the molecule is COC(=O)CCN1CCCN(C(C)(C)C(C)C)C1[SiH](C)C. The van der Waals surface area contributed by atoms with Crippen molar-refractivity contribution >= 4 is 14.8 Å². The van der Waals surface area contributed by atoms with Crippen LogP contribution in [0.1, 0.15) is 40.5 Å². The number of hydrogen-bond acceptors (Lipinski definition) is 4. The molecule has 0 saturated carbocycles. The quantitative estimate of drug-likeness (QED) is 0.556. The van der Waals surface area contributed by atoms with Gasteiger partial charge in [0.2, 0.25) is 0 Å². The van der Waals surface area contributed by atoms with Gasteiger partial charge in [0.05, 0.1) is 22.3 Å². The van der Waals surface area contributed by atoms with Gasteiger partial charge in [0, 0.05) is 31.0 Å². The van der Waals surface area contributed by atoms with E-state index in [1.165, 1.54) is 20.1 Å². The van der Waals surface area contributed by atoms with Gasteiger partial charge in [0.15, 0.2) is 0 Å². The van der Waals surface area contributed by atoms with Crippen molar-refractivity contribution in [2.24, 2.45) is 5.92 Å². The predicted molar refractivity (Wildman–Crippen MR) is 91.1 cm³/mol. The van der Waals surface area contributed by atoms with Crippen molar-refractivity contribution in [3.05, 3.63) is 0 Å². The molecule has 0 aromatic rings. The van der Waals surface area contributed by atoms with E-state index in [1.807, 2.05) is 0 Å². The zero-order valence-electron chi connectivity index (χ0n) is 15.0. The van der Waals surface area contributed by atoms with E-state index in [0.29, 0.717) is 18.1 Å². The zero-order chi connectivity index (χ0) is 16.2. The molecule has 0 spiro atoms. The van der Waals surface area contributed by atoms with Crippen molar-refractivity contribution in [3.63, 3.8) is 0 Å². The number of methoxy groups -OCH3 is 1. The highest BCUT2D eigenvalue weighted by atomic mass is 28.3. The molecule has 1 aliphatic rings. The largest absolute Gasteiger partial charge is 0.469 e. The first-order valence-electron chi connectivity index (χ1n) is 8.29. The van der Waals surface area contributed by atoms with Crippen LogP contribution >= 0.6 is 0 Å². The minimum absolute atomic E-state index is 0.0978. The van der Waals surface area contributed by atoms with Crippen LogP contribution in [0.5, 0.6) is 0 Å². The lowest BCUT2D eigenvalue weighted by Gasteiger charge is -2.54. The molecule has 1 rings (SSSR count). The van der Waals surface area contributed by atoms with Crippen LogP contribution < -0.4 is 0 Å². The van der Waals surface area contributed by atoms with Crippen LogP contribution in [-0.2, 0) is 9.53 Å². The van der Waals surface area contributed by atoms with Gasteiger partial charge in [-0.3, -0.25) is 14.6 Å². The number of nitrogens with zero attached hydrogens (tertiary/aromatic N) is 2. The van der Waals surface area contributed by atoms with Gasteiger partial charge in [0.25, 0.3) is 0 Å². The molecule has 124 valence electrons. The van der Waals surface area contributed by atoms with E-state index < -0.39 is 8.80 Å². The van der Waals surface area contributed by atoms with Crippen molar-refractivity contribution in [1.82, 2.24) is 9.80 Å². The molecule has 5 heteroatoms. The molecule has 0 N–H and O–H groups in total. The lowest BCUT2D eigenvalue weighted by Crippen LogP contribution is -2.66. The van der Waals surface area contributed by atoms with E-state index in [0.717, 1.165) is 13.1 Å². The molecular weight excluding hydrogens is 280 g/mol. The molecule has 0 aromatic heterocycles. The third kappa shape index (κ3) is 4.54. The molecular formula is C16H34N2O2Si. The fraction of sp³-hybridized carbons (Fsp3) is 0.938. The standard InChI is InChI=1S/C16H34N2O2Si/c1-13(2)16(3,4)18-11-8-10-17(15(18)21(6)7)12-9-14(19)20-5/h13,15,21H,8-12H2,1-7H3. The van der Waals surface area contributed by atoms with Gasteiger partial charge < -0.3 is 4.74 Å². The van der Waals surface area contributed by atoms with Gasteiger partial charge in [-0.2, -0.15) is 0 Å². The van der Waals surface area contributed by atoms with Crippen LogP contribution in [0.4, 0.5) is 0 Å². The second-order valence-electron chi connectivity index (χ2n) is 7.38. The molecule has 1 heterocycles. The highest BCUT2D eigenvalue weighted by Gasteiger charge is 2.41. The third-order valence-corrected chi connectivity index (χ3v) is 7.09. The van der Waals surface area contributed by atoms with E-state index in [4.69, 9.17) is 4.74 Å². The number of hydrogen-bond donors (Lipinski definition) is 0. The van der Waals surface area contributed by atoms with Gasteiger partial charge >= 0.3 is 5.97 Å². The number of rotatable bonds is 6. The second-order valence-corrected chi connectivity index (χ2v) is 10.5. The highest BCUT2D eigenvalue weighted by Crippen LogP contribution is 2.31. The number of carbonyl (C=O) groups is 1. The zero-order valence-corrected chi connectivity index (χ0v) is 16.1. The first-order valence-corrected chi connectivity index (χ1v) is 11.3. The van der Waals surface area contributed by atoms with Gasteiger partial charge in [0.1, 0.15) is 0 Å². The topological polar surface area (TPSA) is 32.8 Å². The molecule has 0 aliphatic carbocycles. The Morgan fingerprint density at radius 3 is 2.43 bits per heavy atom. The van der Waals surface area contributed by atoms with Gasteiger partial charge in [-0.1, -0.05) is 26.9 Å². The Bertz CT molecular complexity index is 345. The Balaban J connectivity index is 2.87. The summed E-state index contributed by atoms with van der Waals surface area (Å²) in [6.45, 7) is 17.3. The highest BCUT2D eigenvalue weighted by molar-refractivity contribution is 6.57. The fourth-order valence-electron chi connectivity index (χ4n) is 3.23. The summed E-state index contributed by atoms with van der Waals surface area (Å²) in [5, 5.41) is 0. The Labute approximate surface area is 132 Å². The van der Waals surface area contributed by atoms with Gasteiger partial charge in [-0.15, -0.1) is 0 Å². The molecule has 0 aromatic carbocycles. The van der Waals surface area contributed by atoms with E-state index in [-0.39, 0.29) is 11.5 Å². The Hall–Kier alpha value is -0.393. The first kappa shape index (κ1) is 18.7. The summed E-state index contributed by atoms with van der Waals surface area (Å²) in [6, 6.07) is 0. The van der Waals surface area contributed by atoms with Gasteiger partial charge in [-0.25, -0.2) is 0 Å². The summed E-state index contributed by atoms with van der Waals surface area (Å²) in [7, 11) is 0.593. The minimum atomic E-state index is -0.881. The number of esters is 1. The van der Waals surface area contributed by atoms with Crippen LogP contribution in [0, 0.1) is 5.92 Å². The summed E-state index contributed by atoms with van der Waals surface area (Å²) < 4.78 is 4.80. The van der Waals surface area contributed by atoms with Crippen LogP contribution in [0.25, 0.3) is 0 Å². The molecule has 0 bridgehead atoms. The molecule has 1 aliphatic heterocycles. The van der Waals surface area contributed by atoms with Gasteiger partial charge in [-0.05, 0) is 26.2 Å². The lowest BCUT2D eigenvalue weighted by molar-refractivity contribution is -0.141. The lowest BCUT2D eigenvalue weighted by atomic mass is 9.88. The van der Waals surface area contributed by atoms with Crippen molar-refractivity contribution in [2.75, 3.05) is 26.7 Å².